The van der Waals surface area contributed by atoms with Crippen LogP contribution in [0.15, 0.2) is 30.3 Å². The van der Waals surface area contributed by atoms with E-state index in [4.69, 9.17) is 4.74 Å². The molecule has 1 amide bonds. The van der Waals surface area contributed by atoms with Gasteiger partial charge in [-0.15, -0.1) is 0 Å². The lowest BCUT2D eigenvalue weighted by Crippen LogP contribution is -2.43. The Hall–Kier alpha value is -1.86. The third kappa shape index (κ3) is 3.80. The Labute approximate surface area is 114 Å². The van der Waals surface area contributed by atoms with Gasteiger partial charge in [0, 0.05) is 13.7 Å². The van der Waals surface area contributed by atoms with E-state index in [2.05, 4.69) is 6.07 Å². The number of rotatable bonds is 6. The zero-order valence-corrected chi connectivity index (χ0v) is 11.7. The van der Waals surface area contributed by atoms with Crippen LogP contribution in [0, 0.1) is 11.3 Å². The van der Waals surface area contributed by atoms with Crippen molar-refractivity contribution in [2.24, 2.45) is 0 Å². The van der Waals surface area contributed by atoms with Crippen LogP contribution < -0.4 is 0 Å². The molecular weight excluding hydrogens is 240 g/mol. The van der Waals surface area contributed by atoms with Crippen LogP contribution in [0.1, 0.15) is 25.3 Å². The molecular formula is C15H20N2O2. The summed E-state index contributed by atoms with van der Waals surface area (Å²) < 4.78 is 5.08. The summed E-state index contributed by atoms with van der Waals surface area (Å²) in [6, 6.07) is 11.2. The molecule has 0 aliphatic carbocycles. The smallest absolute Gasteiger partial charge is 0.244 e. The predicted molar refractivity (Wildman–Crippen MR) is 73.5 cm³/mol. The molecule has 0 aliphatic heterocycles. The third-order valence-electron chi connectivity index (χ3n) is 3.07. The Morgan fingerprint density at radius 1 is 1.42 bits per heavy atom. The lowest BCUT2D eigenvalue weighted by atomic mass is 9.98. The minimum atomic E-state index is -0.750. The van der Waals surface area contributed by atoms with E-state index >= 15 is 0 Å². The van der Waals surface area contributed by atoms with Crippen molar-refractivity contribution < 1.29 is 9.53 Å². The zero-order valence-electron chi connectivity index (χ0n) is 11.7. The molecule has 0 aliphatic rings. The van der Waals surface area contributed by atoms with E-state index in [1.165, 1.54) is 0 Å². The maximum atomic E-state index is 12.5. The first kappa shape index (κ1) is 15.2. The molecule has 0 saturated heterocycles. The van der Waals surface area contributed by atoms with Crippen molar-refractivity contribution >= 4 is 5.91 Å². The highest BCUT2D eigenvalue weighted by atomic mass is 16.5. The van der Waals surface area contributed by atoms with E-state index in [9.17, 15) is 10.1 Å². The summed E-state index contributed by atoms with van der Waals surface area (Å²) in [7, 11) is 1.60. The van der Waals surface area contributed by atoms with Gasteiger partial charge in [-0.2, -0.15) is 5.26 Å². The molecule has 1 rings (SSSR count). The van der Waals surface area contributed by atoms with Gasteiger partial charge in [-0.25, -0.2) is 0 Å². The standard InChI is InChI=1S/C15H20N2O2/c1-4-17(12(2)11-19-3)15(18)14(10-16)13-8-6-5-7-9-13/h5-9,12,14H,4,11H2,1-3H3. The molecule has 1 aromatic rings. The highest BCUT2D eigenvalue weighted by Crippen LogP contribution is 2.19. The lowest BCUT2D eigenvalue weighted by molar-refractivity contribution is -0.134. The van der Waals surface area contributed by atoms with E-state index in [1.54, 1.807) is 24.1 Å². The number of carbonyl (C=O) groups is 1. The van der Waals surface area contributed by atoms with Crippen molar-refractivity contribution in [3.8, 4) is 6.07 Å². The summed E-state index contributed by atoms with van der Waals surface area (Å²) in [4.78, 5) is 14.2. The second-order valence-corrected chi connectivity index (χ2v) is 4.40. The minimum Gasteiger partial charge on any atom is -0.383 e. The first-order valence-corrected chi connectivity index (χ1v) is 6.39. The number of hydrogen-bond donors (Lipinski definition) is 0. The highest BCUT2D eigenvalue weighted by Gasteiger charge is 2.27. The molecule has 0 radical (unpaired) electrons. The molecule has 0 bridgehead atoms. The van der Waals surface area contributed by atoms with E-state index in [0.29, 0.717) is 13.2 Å². The molecule has 0 saturated carbocycles. The van der Waals surface area contributed by atoms with Gasteiger partial charge in [-0.1, -0.05) is 30.3 Å². The molecule has 102 valence electrons. The number of nitriles is 1. The van der Waals surface area contributed by atoms with E-state index in [1.807, 2.05) is 32.0 Å². The van der Waals surface area contributed by atoms with E-state index in [-0.39, 0.29) is 11.9 Å². The molecule has 19 heavy (non-hydrogen) atoms. The molecule has 0 N–H and O–H groups in total. The molecule has 2 unspecified atom stereocenters. The van der Waals surface area contributed by atoms with Gasteiger partial charge in [0.2, 0.25) is 5.91 Å². The van der Waals surface area contributed by atoms with Crippen molar-refractivity contribution in [1.82, 2.24) is 4.90 Å². The highest BCUT2D eigenvalue weighted by molar-refractivity contribution is 5.86. The fourth-order valence-corrected chi connectivity index (χ4v) is 2.10. The minimum absolute atomic E-state index is 0.0398. The fourth-order valence-electron chi connectivity index (χ4n) is 2.10. The van der Waals surface area contributed by atoms with Crippen LogP contribution in [0.4, 0.5) is 0 Å². The van der Waals surface area contributed by atoms with Gasteiger partial charge in [-0.3, -0.25) is 4.79 Å². The summed E-state index contributed by atoms with van der Waals surface area (Å²) in [5.74, 6) is -0.916. The average Bonchev–Trinajstić information content (AvgIpc) is 2.42. The number of benzene rings is 1. The Balaban J connectivity index is 2.92. The number of amides is 1. The van der Waals surface area contributed by atoms with Crippen LogP contribution in [0.2, 0.25) is 0 Å². The monoisotopic (exact) mass is 260 g/mol. The van der Waals surface area contributed by atoms with Gasteiger partial charge in [0.1, 0.15) is 5.92 Å². The first-order chi connectivity index (χ1) is 9.15. The Morgan fingerprint density at radius 3 is 2.53 bits per heavy atom. The second kappa shape index (κ2) is 7.55. The Kier molecular flexibility index (Phi) is 6.04. The molecule has 1 aromatic carbocycles. The van der Waals surface area contributed by atoms with Gasteiger partial charge in [0.15, 0.2) is 0 Å². The van der Waals surface area contributed by atoms with Crippen LogP contribution in [0.5, 0.6) is 0 Å². The number of nitrogens with zero attached hydrogens (tertiary/aromatic N) is 2. The summed E-state index contributed by atoms with van der Waals surface area (Å²) in [5, 5.41) is 9.28. The summed E-state index contributed by atoms with van der Waals surface area (Å²) >= 11 is 0. The second-order valence-electron chi connectivity index (χ2n) is 4.40. The van der Waals surface area contributed by atoms with Crippen LogP contribution in [-0.4, -0.2) is 37.1 Å². The fraction of sp³-hybridized carbons (Fsp3) is 0.467. The normalized spacial score (nSPS) is 13.4. The lowest BCUT2D eigenvalue weighted by Gasteiger charge is -2.29. The number of carbonyl (C=O) groups excluding carboxylic acids is 1. The molecule has 4 nitrogen and oxygen atoms in total. The third-order valence-corrected chi connectivity index (χ3v) is 3.07. The predicted octanol–water partition coefficient (Wildman–Crippen LogP) is 2.18. The van der Waals surface area contributed by atoms with Crippen LogP contribution in [-0.2, 0) is 9.53 Å². The van der Waals surface area contributed by atoms with Gasteiger partial charge >= 0.3 is 0 Å². The molecule has 0 heterocycles. The zero-order chi connectivity index (χ0) is 14.3. The van der Waals surface area contributed by atoms with Crippen molar-refractivity contribution in [2.75, 3.05) is 20.3 Å². The number of ether oxygens (including phenoxy) is 1. The molecule has 0 spiro atoms. The van der Waals surface area contributed by atoms with Crippen molar-refractivity contribution in [3.05, 3.63) is 35.9 Å². The molecule has 4 heteroatoms. The number of hydrogen-bond acceptors (Lipinski definition) is 3. The van der Waals surface area contributed by atoms with E-state index < -0.39 is 5.92 Å². The van der Waals surface area contributed by atoms with Gasteiger partial charge < -0.3 is 9.64 Å². The van der Waals surface area contributed by atoms with Crippen molar-refractivity contribution in [1.29, 1.82) is 5.26 Å². The summed E-state index contributed by atoms with van der Waals surface area (Å²) in [5.41, 5.74) is 0.734. The van der Waals surface area contributed by atoms with Crippen molar-refractivity contribution in [3.63, 3.8) is 0 Å². The summed E-state index contributed by atoms with van der Waals surface area (Å²) in [6.45, 7) is 4.86. The first-order valence-electron chi connectivity index (χ1n) is 6.39. The summed E-state index contributed by atoms with van der Waals surface area (Å²) in [6.07, 6.45) is 0. The average molecular weight is 260 g/mol. The van der Waals surface area contributed by atoms with E-state index in [0.717, 1.165) is 5.56 Å². The Morgan fingerprint density at radius 2 is 2.05 bits per heavy atom. The molecule has 0 fully saturated rings. The number of likely N-dealkylation sites (N-methyl/N-ethyl adjacent to an activating group) is 1. The topological polar surface area (TPSA) is 53.3 Å². The molecule has 0 aromatic heterocycles. The van der Waals surface area contributed by atoms with Crippen LogP contribution in [0.3, 0.4) is 0 Å². The molecule has 2 atom stereocenters. The largest absolute Gasteiger partial charge is 0.383 e. The maximum absolute atomic E-state index is 12.5. The van der Waals surface area contributed by atoms with Gasteiger partial charge in [0.05, 0.1) is 18.7 Å². The van der Waals surface area contributed by atoms with Gasteiger partial charge in [0.25, 0.3) is 0 Å². The quantitative estimate of drug-likeness (QED) is 0.787. The number of methoxy groups -OCH3 is 1. The maximum Gasteiger partial charge on any atom is 0.244 e. The van der Waals surface area contributed by atoms with Crippen LogP contribution >= 0.6 is 0 Å². The van der Waals surface area contributed by atoms with Crippen LogP contribution in [0.25, 0.3) is 0 Å². The van der Waals surface area contributed by atoms with Gasteiger partial charge in [-0.05, 0) is 19.4 Å². The SMILES string of the molecule is CCN(C(=O)C(C#N)c1ccccc1)C(C)COC. The van der Waals surface area contributed by atoms with Crippen molar-refractivity contribution in [2.45, 2.75) is 25.8 Å². The Bertz CT molecular complexity index is 439.